The first-order valence-electron chi connectivity index (χ1n) is 20.0. The third-order valence-electron chi connectivity index (χ3n) is 12.7. The van der Waals surface area contributed by atoms with Crippen LogP contribution in [-0.4, -0.2) is 4.57 Å². The number of aromatic nitrogens is 1. The first kappa shape index (κ1) is 32.1. The molecule has 12 rings (SSSR count). The third kappa shape index (κ3) is 4.63. The van der Waals surface area contributed by atoms with E-state index >= 15 is 0 Å². The molecule has 0 saturated carbocycles. The van der Waals surface area contributed by atoms with E-state index in [0.717, 1.165) is 6.42 Å². The highest BCUT2D eigenvalue weighted by Crippen LogP contribution is 2.63. The SMILES string of the molecule is c1ccc2c(c1)-c1ccccc1C21c2ccccc2-c2c(Cc3ccc(-c4ccc(-c5ccc(-n6c7ccccc7c7ccccc76)cc5)cc4)cc3)cccc21. The topological polar surface area (TPSA) is 4.93 Å². The van der Waals surface area contributed by atoms with Crippen LogP contribution in [0, 0.1) is 0 Å². The Morgan fingerprint density at radius 3 is 1.32 bits per heavy atom. The Morgan fingerprint density at radius 1 is 0.333 bits per heavy atom. The summed E-state index contributed by atoms with van der Waals surface area (Å²) in [5, 5.41) is 2.57. The second kappa shape index (κ2) is 12.4. The van der Waals surface area contributed by atoms with Gasteiger partial charge < -0.3 is 4.57 Å². The molecule has 0 fully saturated rings. The maximum atomic E-state index is 2.38. The van der Waals surface area contributed by atoms with E-state index < -0.39 is 0 Å². The van der Waals surface area contributed by atoms with E-state index in [2.05, 4.69) is 217 Å². The van der Waals surface area contributed by atoms with Gasteiger partial charge in [-0.2, -0.15) is 0 Å². The van der Waals surface area contributed by atoms with E-state index in [4.69, 9.17) is 0 Å². The third-order valence-corrected chi connectivity index (χ3v) is 12.7. The van der Waals surface area contributed by atoms with E-state index in [9.17, 15) is 0 Å². The van der Waals surface area contributed by atoms with Crippen LogP contribution in [0.25, 0.3) is 72.0 Å². The van der Waals surface area contributed by atoms with Crippen LogP contribution in [0.15, 0.2) is 212 Å². The summed E-state index contributed by atoms with van der Waals surface area (Å²) in [6.07, 6.45) is 0.876. The van der Waals surface area contributed by atoms with Crippen molar-refractivity contribution in [2.45, 2.75) is 11.8 Å². The van der Waals surface area contributed by atoms with Crippen LogP contribution in [0.2, 0.25) is 0 Å². The molecule has 2 aliphatic rings. The number of fused-ring (bicyclic) bond motifs is 13. The largest absolute Gasteiger partial charge is 0.309 e. The highest BCUT2D eigenvalue weighted by atomic mass is 15.0. The summed E-state index contributed by atoms with van der Waals surface area (Å²) in [6, 6.07) is 78.7. The summed E-state index contributed by atoms with van der Waals surface area (Å²) in [4.78, 5) is 0. The Labute approximate surface area is 332 Å². The van der Waals surface area contributed by atoms with Gasteiger partial charge in [-0.25, -0.2) is 0 Å². The van der Waals surface area contributed by atoms with Crippen molar-refractivity contribution >= 4 is 21.8 Å². The van der Waals surface area contributed by atoms with Gasteiger partial charge in [0.1, 0.15) is 0 Å². The standard InChI is InChI=1S/C56H37N/c1-6-18-49-44(13-1)45-14-2-7-19-50(45)56(49)51-20-8-3-17-48(51)55-42(12-11-21-52(55)56)36-37-24-26-38(27-25-37)39-28-30-40(31-29-39)41-32-34-43(35-33-41)57-53-22-9-4-15-46(53)47-16-5-10-23-54(47)57/h1-35H,36H2. The van der Waals surface area contributed by atoms with Crippen molar-refractivity contribution in [1.82, 2.24) is 4.57 Å². The minimum atomic E-state index is -0.306. The maximum absolute atomic E-state index is 2.38. The molecule has 9 aromatic carbocycles. The lowest BCUT2D eigenvalue weighted by Crippen LogP contribution is -2.25. The molecule has 1 aromatic heterocycles. The van der Waals surface area contributed by atoms with E-state index in [-0.39, 0.29) is 5.41 Å². The predicted molar refractivity (Wildman–Crippen MR) is 237 cm³/mol. The van der Waals surface area contributed by atoms with Crippen LogP contribution in [0.1, 0.15) is 33.4 Å². The van der Waals surface area contributed by atoms with Crippen molar-refractivity contribution in [1.29, 1.82) is 0 Å². The second-order valence-corrected chi connectivity index (χ2v) is 15.6. The fourth-order valence-electron chi connectivity index (χ4n) is 10.3. The molecule has 0 bridgehead atoms. The Kier molecular flexibility index (Phi) is 6.97. The number of hydrogen-bond donors (Lipinski definition) is 0. The zero-order valence-electron chi connectivity index (χ0n) is 31.4. The molecule has 1 nitrogen and oxygen atoms in total. The van der Waals surface area contributed by atoms with Crippen molar-refractivity contribution in [3.05, 3.63) is 246 Å². The molecular formula is C56H37N. The van der Waals surface area contributed by atoms with Crippen LogP contribution < -0.4 is 0 Å². The average Bonchev–Trinajstić information content (AvgIpc) is 3.89. The number of benzene rings is 9. The zero-order valence-corrected chi connectivity index (χ0v) is 31.4. The second-order valence-electron chi connectivity index (χ2n) is 15.6. The van der Waals surface area contributed by atoms with Crippen LogP contribution in [0.3, 0.4) is 0 Å². The van der Waals surface area contributed by atoms with Gasteiger partial charge in [-0.15, -0.1) is 0 Å². The van der Waals surface area contributed by atoms with Crippen molar-refractivity contribution in [3.63, 3.8) is 0 Å². The molecule has 2 aliphatic carbocycles. The molecule has 1 heteroatoms. The van der Waals surface area contributed by atoms with Gasteiger partial charge in [0.25, 0.3) is 0 Å². The van der Waals surface area contributed by atoms with Crippen LogP contribution in [0.4, 0.5) is 0 Å². The van der Waals surface area contributed by atoms with Gasteiger partial charge in [0, 0.05) is 16.5 Å². The number of rotatable bonds is 5. The van der Waals surface area contributed by atoms with Crippen LogP contribution in [0.5, 0.6) is 0 Å². The highest BCUT2D eigenvalue weighted by molar-refractivity contribution is 6.09. The molecule has 0 atom stereocenters. The van der Waals surface area contributed by atoms with Gasteiger partial charge in [0.2, 0.25) is 0 Å². The first-order chi connectivity index (χ1) is 28.3. The smallest absolute Gasteiger partial charge is 0.0725 e. The quantitative estimate of drug-likeness (QED) is 0.167. The van der Waals surface area contributed by atoms with Gasteiger partial charge in [0.15, 0.2) is 0 Å². The Balaban J connectivity index is 0.838. The van der Waals surface area contributed by atoms with Crippen molar-refractivity contribution in [3.8, 4) is 50.2 Å². The number of nitrogens with zero attached hydrogens (tertiary/aromatic N) is 1. The highest BCUT2D eigenvalue weighted by Gasteiger charge is 2.51. The summed E-state index contributed by atoms with van der Waals surface area (Å²) in [7, 11) is 0. The zero-order chi connectivity index (χ0) is 37.5. The minimum absolute atomic E-state index is 0.306. The lowest BCUT2D eigenvalue weighted by atomic mass is 9.70. The van der Waals surface area contributed by atoms with Crippen molar-refractivity contribution < 1.29 is 0 Å². The summed E-state index contributed by atoms with van der Waals surface area (Å²) in [6.45, 7) is 0. The van der Waals surface area contributed by atoms with Crippen LogP contribution in [-0.2, 0) is 11.8 Å². The molecule has 266 valence electrons. The fraction of sp³-hybridized carbons (Fsp3) is 0.0357. The van der Waals surface area contributed by atoms with Gasteiger partial charge >= 0.3 is 0 Å². The monoisotopic (exact) mass is 723 g/mol. The van der Waals surface area contributed by atoms with Gasteiger partial charge in [-0.1, -0.05) is 188 Å². The molecule has 0 saturated heterocycles. The van der Waals surface area contributed by atoms with Gasteiger partial charge in [0.05, 0.1) is 16.4 Å². The van der Waals surface area contributed by atoms with Gasteiger partial charge in [-0.3, -0.25) is 0 Å². The summed E-state index contributed by atoms with van der Waals surface area (Å²) >= 11 is 0. The lowest BCUT2D eigenvalue weighted by Gasteiger charge is -2.30. The number of hydrogen-bond acceptors (Lipinski definition) is 0. The van der Waals surface area contributed by atoms with E-state index in [1.165, 1.54) is 105 Å². The normalized spacial score (nSPS) is 13.1. The average molecular weight is 724 g/mol. The van der Waals surface area contributed by atoms with E-state index in [0.29, 0.717) is 0 Å². The first-order valence-corrected chi connectivity index (χ1v) is 20.0. The summed E-state index contributed by atoms with van der Waals surface area (Å²) in [5.74, 6) is 0. The maximum Gasteiger partial charge on any atom is 0.0725 e. The van der Waals surface area contributed by atoms with Crippen molar-refractivity contribution in [2.75, 3.05) is 0 Å². The fourth-order valence-corrected chi connectivity index (χ4v) is 10.3. The molecule has 0 amide bonds. The Bertz CT molecular complexity index is 3080. The van der Waals surface area contributed by atoms with Crippen LogP contribution >= 0.6 is 0 Å². The van der Waals surface area contributed by atoms with Gasteiger partial charge in [-0.05, 0) is 109 Å². The molecule has 0 unspecified atom stereocenters. The molecule has 1 heterocycles. The Hall–Kier alpha value is -7.22. The predicted octanol–water partition coefficient (Wildman–Crippen LogP) is 14.1. The molecule has 10 aromatic rings. The molecule has 1 spiro atoms. The molecule has 0 N–H and O–H groups in total. The molecule has 0 aliphatic heterocycles. The van der Waals surface area contributed by atoms with Crippen molar-refractivity contribution in [2.24, 2.45) is 0 Å². The molecule has 0 radical (unpaired) electrons. The Morgan fingerprint density at radius 2 is 0.754 bits per heavy atom. The van der Waals surface area contributed by atoms with E-state index in [1.54, 1.807) is 0 Å². The molecule has 57 heavy (non-hydrogen) atoms. The minimum Gasteiger partial charge on any atom is -0.309 e. The summed E-state index contributed by atoms with van der Waals surface area (Å²) < 4.78 is 2.37. The van der Waals surface area contributed by atoms with E-state index in [1.807, 2.05) is 0 Å². The summed E-state index contributed by atoms with van der Waals surface area (Å²) in [5.41, 5.74) is 21.9. The lowest BCUT2D eigenvalue weighted by molar-refractivity contribution is 0.793. The number of para-hydroxylation sites is 2. The molecular weight excluding hydrogens is 687 g/mol.